The van der Waals surface area contributed by atoms with Gasteiger partial charge in [0.15, 0.2) is 9.84 Å². The molecule has 0 fully saturated rings. The Kier molecular flexibility index (Phi) is 6.66. The number of carbonyl (C=O) groups is 2. The number of carbonyl (C=O) groups excluding carboxylic acids is 2. The molecule has 0 aliphatic rings. The van der Waals surface area contributed by atoms with Crippen LogP contribution < -0.4 is 16.4 Å². The summed E-state index contributed by atoms with van der Waals surface area (Å²) in [5.41, 5.74) is 5.16. The number of hydrogen-bond acceptors (Lipinski definition) is 5. The van der Waals surface area contributed by atoms with Gasteiger partial charge in [-0.1, -0.05) is 0 Å². The molecule has 0 aromatic rings. The molecule has 0 unspecified atom stereocenters. The maximum Gasteiger partial charge on any atom is 0.234 e. The summed E-state index contributed by atoms with van der Waals surface area (Å²) in [6, 6.07) is 0. The maximum atomic E-state index is 11.3. The smallest absolute Gasteiger partial charge is 0.234 e. The van der Waals surface area contributed by atoms with E-state index in [-0.39, 0.29) is 18.1 Å². The molecule has 8 heteroatoms. The molecule has 0 aliphatic carbocycles. The zero-order valence-electron chi connectivity index (χ0n) is 9.15. The van der Waals surface area contributed by atoms with Gasteiger partial charge in [0.25, 0.3) is 0 Å². The molecule has 0 heterocycles. The van der Waals surface area contributed by atoms with Crippen LogP contribution in [0.3, 0.4) is 0 Å². The Morgan fingerprint density at radius 1 is 1.25 bits per heavy atom. The van der Waals surface area contributed by atoms with E-state index in [4.69, 9.17) is 5.73 Å². The van der Waals surface area contributed by atoms with Crippen LogP contribution in [0, 0.1) is 0 Å². The standard InChI is InChI=1S/C8H17N3O4S/c1-10-8(13)6-16(14,15)5-2-7(12)11-4-3-9/h2-6,9H2,1H3,(H,10,13)(H,11,12). The van der Waals surface area contributed by atoms with Crippen molar-refractivity contribution in [1.82, 2.24) is 10.6 Å². The third-order valence-corrected chi connectivity index (χ3v) is 3.26. The van der Waals surface area contributed by atoms with Crippen LogP contribution in [0.15, 0.2) is 0 Å². The number of amides is 2. The first-order chi connectivity index (χ1) is 7.41. The SMILES string of the molecule is CNC(=O)CS(=O)(=O)CCC(=O)NCCN. The normalized spacial score (nSPS) is 10.9. The Labute approximate surface area is 94.7 Å². The molecule has 0 rings (SSSR count). The number of sulfone groups is 1. The fourth-order valence-electron chi connectivity index (χ4n) is 0.892. The molecule has 0 saturated carbocycles. The van der Waals surface area contributed by atoms with Crippen molar-refractivity contribution in [2.45, 2.75) is 6.42 Å². The van der Waals surface area contributed by atoms with E-state index in [0.29, 0.717) is 13.1 Å². The molecular weight excluding hydrogens is 234 g/mol. The quantitative estimate of drug-likeness (QED) is 0.466. The third-order valence-electron chi connectivity index (χ3n) is 1.74. The highest BCUT2D eigenvalue weighted by Crippen LogP contribution is 1.94. The van der Waals surface area contributed by atoms with Crippen molar-refractivity contribution >= 4 is 21.7 Å². The van der Waals surface area contributed by atoms with Crippen molar-refractivity contribution in [2.24, 2.45) is 5.73 Å². The summed E-state index contributed by atoms with van der Waals surface area (Å²) in [4.78, 5) is 21.9. The number of rotatable bonds is 7. The molecule has 0 saturated heterocycles. The molecule has 0 bridgehead atoms. The summed E-state index contributed by atoms with van der Waals surface area (Å²) < 4.78 is 22.6. The Hall–Kier alpha value is -1.15. The largest absolute Gasteiger partial charge is 0.358 e. The predicted molar refractivity (Wildman–Crippen MR) is 59.4 cm³/mol. The molecule has 0 aromatic carbocycles. The fraction of sp³-hybridized carbons (Fsp3) is 0.750. The van der Waals surface area contributed by atoms with E-state index in [1.807, 2.05) is 0 Å². The molecule has 16 heavy (non-hydrogen) atoms. The van der Waals surface area contributed by atoms with Gasteiger partial charge < -0.3 is 16.4 Å². The lowest BCUT2D eigenvalue weighted by molar-refractivity contribution is -0.121. The molecule has 4 N–H and O–H groups in total. The van der Waals surface area contributed by atoms with Gasteiger partial charge in [0, 0.05) is 26.6 Å². The van der Waals surface area contributed by atoms with Crippen LogP contribution in [0.1, 0.15) is 6.42 Å². The maximum absolute atomic E-state index is 11.3. The lowest BCUT2D eigenvalue weighted by atomic mass is 10.4. The molecule has 0 aromatic heterocycles. The van der Waals surface area contributed by atoms with Crippen LogP contribution in [0.2, 0.25) is 0 Å². The van der Waals surface area contributed by atoms with Crippen molar-refractivity contribution in [3.8, 4) is 0 Å². The summed E-state index contributed by atoms with van der Waals surface area (Å²) in [7, 11) is -2.16. The first-order valence-corrected chi connectivity index (χ1v) is 6.61. The average molecular weight is 251 g/mol. The van der Waals surface area contributed by atoms with E-state index in [2.05, 4.69) is 10.6 Å². The van der Waals surface area contributed by atoms with Crippen LogP contribution >= 0.6 is 0 Å². The highest BCUT2D eigenvalue weighted by atomic mass is 32.2. The highest BCUT2D eigenvalue weighted by molar-refractivity contribution is 7.92. The van der Waals surface area contributed by atoms with E-state index in [0.717, 1.165) is 0 Å². The number of nitrogens with one attached hydrogen (secondary N) is 2. The van der Waals surface area contributed by atoms with Gasteiger partial charge in [-0.05, 0) is 0 Å². The predicted octanol–water partition coefficient (Wildman–Crippen LogP) is -2.39. The van der Waals surface area contributed by atoms with Crippen LogP contribution in [-0.4, -0.2) is 51.9 Å². The molecule has 0 aliphatic heterocycles. The van der Waals surface area contributed by atoms with Gasteiger partial charge in [0.2, 0.25) is 11.8 Å². The Morgan fingerprint density at radius 3 is 2.38 bits per heavy atom. The van der Waals surface area contributed by atoms with Crippen LogP contribution in [-0.2, 0) is 19.4 Å². The van der Waals surface area contributed by atoms with Gasteiger partial charge in [0.1, 0.15) is 5.75 Å². The number of hydrogen-bond donors (Lipinski definition) is 3. The Balaban J connectivity index is 3.99. The minimum atomic E-state index is -3.52. The summed E-state index contributed by atoms with van der Waals surface area (Å²) >= 11 is 0. The topological polar surface area (TPSA) is 118 Å². The summed E-state index contributed by atoms with van der Waals surface area (Å²) in [5.74, 6) is -1.89. The molecule has 7 nitrogen and oxygen atoms in total. The lowest BCUT2D eigenvalue weighted by Crippen LogP contribution is -2.32. The van der Waals surface area contributed by atoms with E-state index in [9.17, 15) is 18.0 Å². The fourth-order valence-corrected chi connectivity index (χ4v) is 2.08. The molecule has 0 radical (unpaired) electrons. The van der Waals surface area contributed by atoms with Gasteiger partial charge in [-0.2, -0.15) is 0 Å². The second-order valence-corrected chi connectivity index (χ2v) is 5.34. The summed E-state index contributed by atoms with van der Waals surface area (Å²) in [6.07, 6.45) is -0.153. The molecule has 2 amide bonds. The van der Waals surface area contributed by atoms with E-state index in [1.165, 1.54) is 7.05 Å². The first-order valence-electron chi connectivity index (χ1n) is 4.79. The Bertz CT molecular complexity index is 339. The summed E-state index contributed by atoms with van der Waals surface area (Å²) in [6.45, 7) is 0.616. The van der Waals surface area contributed by atoms with E-state index >= 15 is 0 Å². The average Bonchev–Trinajstić information content (AvgIpc) is 2.23. The lowest BCUT2D eigenvalue weighted by Gasteiger charge is -2.04. The van der Waals surface area contributed by atoms with Crippen LogP contribution in [0.5, 0.6) is 0 Å². The van der Waals surface area contributed by atoms with E-state index < -0.39 is 21.5 Å². The zero-order valence-corrected chi connectivity index (χ0v) is 9.97. The summed E-state index contributed by atoms with van der Waals surface area (Å²) in [5, 5.41) is 4.65. The van der Waals surface area contributed by atoms with Gasteiger partial charge in [-0.15, -0.1) is 0 Å². The van der Waals surface area contributed by atoms with Crippen LogP contribution in [0.25, 0.3) is 0 Å². The van der Waals surface area contributed by atoms with Gasteiger partial charge >= 0.3 is 0 Å². The van der Waals surface area contributed by atoms with Gasteiger partial charge in [0.05, 0.1) is 5.75 Å². The second-order valence-electron chi connectivity index (χ2n) is 3.15. The molecular formula is C8H17N3O4S. The monoisotopic (exact) mass is 251 g/mol. The minimum Gasteiger partial charge on any atom is -0.358 e. The molecule has 94 valence electrons. The van der Waals surface area contributed by atoms with Crippen molar-refractivity contribution in [2.75, 3.05) is 31.6 Å². The molecule has 0 atom stereocenters. The Morgan fingerprint density at radius 2 is 1.88 bits per heavy atom. The van der Waals surface area contributed by atoms with Crippen molar-refractivity contribution in [3.63, 3.8) is 0 Å². The third kappa shape index (κ3) is 7.18. The highest BCUT2D eigenvalue weighted by Gasteiger charge is 2.17. The number of nitrogens with two attached hydrogens (primary N) is 1. The minimum absolute atomic E-state index is 0.153. The molecule has 0 spiro atoms. The van der Waals surface area contributed by atoms with E-state index in [1.54, 1.807) is 0 Å². The van der Waals surface area contributed by atoms with Crippen LogP contribution in [0.4, 0.5) is 0 Å². The van der Waals surface area contributed by atoms with Gasteiger partial charge in [-0.25, -0.2) is 8.42 Å². The first kappa shape index (κ1) is 14.8. The zero-order chi connectivity index (χ0) is 12.6. The van der Waals surface area contributed by atoms with Crippen molar-refractivity contribution < 1.29 is 18.0 Å². The van der Waals surface area contributed by atoms with Crippen molar-refractivity contribution in [1.29, 1.82) is 0 Å². The second kappa shape index (κ2) is 7.18. The van der Waals surface area contributed by atoms with Crippen molar-refractivity contribution in [3.05, 3.63) is 0 Å². The van der Waals surface area contributed by atoms with Gasteiger partial charge in [-0.3, -0.25) is 9.59 Å².